The highest BCUT2D eigenvalue weighted by Crippen LogP contribution is 2.43. The van der Waals surface area contributed by atoms with E-state index in [2.05, 4.69) is 24.5 Å². The van der Waals surface area contributed by atoms with Gasteiger partial charge >= 0.3 is 11.9 Å². The summed E-state index contributed by atoms with van der Waals surface area (Å²) in [6, 6.07) is 11.8. The summed E-state index contributed by atoms with van der Waals surface area (Å²) in [5.41, 5.74) is 1.14. The number of fused-ring (bicyclic) bond motifs is 1. The fourth-order valence-corrected chi connectivity index (χ4v) is 7.45. The van der Waals surface area contributed by atoms with Crippen molar-refractivity contribution in [3.63, 3.8) is 0 Å². The molecule has 330 valence electrons. The maximum absolute atomic E-state index is 14.1. The van der Waals surface area contributed by atoms with Crippen LogP contribution >= 0.6 is 0 Å². The van der Waals surface area contributed by atoms with Gasteiger partial charge in [0.15, 0.2) is 5.79 Å². The zero-order valence-corrected chi connectivity index (χ0v) is 36.1. The van der Waals surface area contributed by atoms with E-state index in [1.807, 2.05) is 24.3 Å². The number of unbranched alkanes of at least 4 members (excludes halogenated alkanes) is 4. The molecule has 0 unspecified atom stereocenters. The summed E-state index contributed by atoms with van der Waals surface area (Å²) >= 11 is 0. The van der Waals surface area contributed by atoms with Gasteiger partial charge in [0.25, 0.3) is 0 Å². The number of phenols is 1. The van der Waals surface area contributed by atoms with Crippen LogP contribution in [0.3, 0.4) is 0 Å². The highest BCUT2D eigenvalue weighted by atomic mass is 16.8. The summed E-state index contributed by atoms with van der Waals surface area (Å²) in [5, 5.41) is 36.2. The third kappa shape index (κ3) is 14.3. The highest BCUT2D eigenvalue weighted by Gasteiger charge is 2.52. The SMILES string of the molecule is CCCCCC1(CCCCC)O[C@@H]2[C@@H](C=C(C(=O)N[C@@H](C(=O)N[C@H](CO)CCC(=O)OC(C)(C)C)[C@H](C)O)C[C@H]2OC(=O)c2ccccc2C=CCc2ccccc2O)O1. The van der Waals surface area contributed by atoms with Gasteiger partial charge in [-0.25, -0.2) is 4.79 Å². The van der Waals surface area contributed by atoms with Crippen LogP contribution in [-0.4, -0.2) is 93.6 Å². The molecule has 2 aliphatic rings. The van der Waals surface area contributed by atoms with E-state index in [9.17, 15) is 34.5 Å². The number of hydrogen-bond acceptors (Lipinski definition) is 11. The molecule has 4 rings (SSSR count). The van der Waals surface area contributed by atoms with E-state index in [4.69, 9.17) is 18.9 Å². The van der Waals surface area contributed by atoms with Gasteiger partial charge in [-0.15, -0.1) is 0 Å². The lowest BCUT2D eigenvalue weighted by molar-refractivity contribution is -0.190. The third-order valence-electron chi connectivity index (χ3n) is 10.6. The number of amides is 2. The zero-order chi connectivity index (χ0) is 43.9. The number of rotatable bonds is 22. The second-order valence-corrected chi connectivity index (χ2v) is 16.9. The van der Waals surface area contributed by atoms with Gasteiger partial charge in [0.05, 0.1) is 24.3 Å². The first-order valence-corrected chi connectivity index (χ1v) is 21.5. The minimum atomic E-state index is -1.42. The summed E-state index contributed by atoms with van der Waals surface area (Å²) in [5.74, 6) is -3.30. The maximum atomic E-state index is 14.1. The summed E-state index contributed by atoms with van der Waals surface area (Å²) in [6.45, 7) is 10.3. The number of hydrogen-bond donors (Lipinski definition) is 5. The number of allylic oxidation sites excluding steroid dienone is 1. The van der Waals surface area contributed by atoms with Crippen molar-refractivity contribution < 1.29 is 53.4 Å². The van der Waals surface area contributed by atoms with Crippen LogP contribution in [0.4, 0.5) is 0 Å². The number of carbonyl (C=O) groups excluding carboxylic acids is 4. The molecule has 13 heteroatoms. The molecule has 2 amide bonds. The largest absolute Gasteiger partial charge is 0.508 e. The van der Waals surface area contributed by atoms with Gasteiger partial charge < -0.3 is 44.9 Å². The third-order valence-corrected chi connectivity index (χ3v) is 10.6. The second-order valence-electron chi connectivity index (χ2n) is 16.9. The Morgan fingerprint density at radius 3 is 2.25 bits per heavy atom. The van der Waals surface area contributed by atoms with Crippen molar-refractivity contribution in [3.05, 3.63) is 82.9 Å². The summed E-state index contributed by atoms with van der Waals surface area (Å²) in [7, 11) is 0. The molecule has 1 saturated heterocycles. The Bertz CT molecular complexity index is 1790. The van der Waals surface area contributed by atoms with E-state index < -0.39 is 78.2 Å². The van der Waals surface area contributed by atoms with Crippen molar-refractivity contribution in [3.8, 4) is 5.75 Å². The zero-order valence-electron chi connectivity index (χ0n) is 36.1. The minimum absolute atomic E-state index is 0.0588. The van der Waals surface area contributed by atoms with Crippen LogP contribution in [0, 0.1) is 0 Å². The first-order chi connectivity index (χ1) is 28.6. The van der Waals surface area contributed by atoms with Crippen LogP contribution in [0.2, 0.25) is 0 Å². The number of phenolic OH excluding ortho intramolecular Hbond substituents is 1. The van der Waals surface area contributed by atoms with Crippen LogP contribution < -0.4 is 10.6 Å². The molecule has 60 heavy (non-hydrogen) atoms. The standard InChI is InChI=1S/C47H66N2O11/c1-7-9-15-26-47(27-16-10-8-2)58-39-29-34(43(54)49-41(31(3)51)44(55)48-35(30-50)24-25-40(53)59-46(4,5)6)28-38(42(39)60-47)57-45(56)36-22-13-11-18-32(36)20-17-21-33-19-12-14-23-37(33)52/h11-14,17-20,22-23,29,31,35,38-39,41-42,50-52H,7-10,15-16,21,24-28,30H2,1-6H3,(H,48,55)(H,49,54)/t31-,35-,38+,39+,41+,42-/m0/s1. The number of aromatic hydroxyl groups is 1. The minimum Gasteiger partial charge on any atom is -0.508 e. The number of para-hydroxylation sites is 1. The number of ether oxygens (including phenoxy) is 4. The van der Waals surface area contributed by atoms with Crippen molar-refractivity contribution in [2.75, 3.05) is 6.61 Å². The smallest absolute Gasteiger partial charge is 0.339 e. The fourth-order valence-electron chi connectivity index (χ4n) is 7.45. The van der Waals surface area contributed by atoms with E-state index in [0.29, 0.717) is 30.4 Å². The van der Waals surface area contributed by atoms with Crippen LogP contribution in [0.15, 0.2) is 66.3 Å². The molecule has 1 heterocycles. The molecule has 1 fully saturated rings. The van der Waals surface area contributed by atoms with E-state index in [1.54, 1.807) is 63.3 Å². The first-order valence-electron chi connectivity index (χ1n) is 21.5. The first kappa shape index (κ1) is 48.1. The van der Waals surface area contributed by atoms with Crippen molar-refractivity contribution in [1.82, 2.24) is 10.6 Å². The molecule has 2 aromatic rings. The number of benzene rings is 2. The molecule has 0 spiro atoms. The molecule has 2 aromatic carbocycles. The van der Waals surface area contributed by atoms with E-state index in [0.717, 1.165) is 44.1 Å². The molecule has 0 saturated carbocycles. The van der Waals surface area contributed by atoms with Gasteiger partial charge in [0.2, 0.25) is 11.8 Å². The van der Waals surface area contributed by atoms with Gasteiger partial charge in [0.1, 0.15) is 35.7 Å². The van der Waals surface area contributed by atoms with E-state index >= 15 is 0 Å². The lowest BCUT2D eigenvalue weighted by Gasteiger charge is -2.32. The molecule has 0 radical (unpaired) electrons. The Balaban J connectivity index is 1.57. The van der Waals surface area contributed by atoms with Crippen molar-refractivity contribution in [2.45, 2.75) is 166 Å². The van der Waals surface area contributed by atoms with Gasteiger partial charge in [-0.05, 0) is 82.7 Å². The van der Waals surface area contributed by atoms with Gasteiger partial charge in [0, 0.05) is 31.3 Å². The molecule has 1 aliphatic carbocycles. The quantitative estimate of drug-likeness (QED) is 0.0634. The lowest BCUT2D eigenvalue weighted by Crippen LogP contribution is -2.55. The average molecular weight is 835 g/mol. The second kappa shape index (κ2) is 22.9. The molecule has 6 atom stereocenters. The predicted octanol–water partition coefficient (Wildman–Crippen LogP) is 6.61. The molecular weight excluding hydrogens is 769 g/mol. The highest BCUT2D eigenvalue weighted by molar-refractivity contribution is 5.98. The lowest BCUT2D eigenvalue weighted by atomic mass is 9.91. The van der Waals surface area contributed by atoms with Crippen LogP contribution in [-0.2, 0) is 39.8 Å². The van der Waals surface area contributed by atoms with Gasteiger partial charge in [-0.1, -0.05) is 88.1 Å². The number of carbonyl (C=O) groups is 4. The molecule has 1 aliphatic heterocycles. The number of aliphatic hydroxyl groups excluding tert-OH is 2. The summed E-state index contributed by atoms with van der Waals surface area (Å²) in [4.78, 5) is 53.9. The molecule has 13 nitrogen and oxygen atoms in total. The summed E-state index contributed by atoms with van der Waals surface area (Å²) in [6.07, 6.45) is 8.90. The molecule has 5 N–H and O–H groups in total. The van der Waals surface area contributed by atoms with Crippen molar-refractivity contribution in [1.29, 1.82) is 0 Å². The van der Waals surface area contributed by atoms with Crippen molar-refractivity contribution >= 4 is 29.8 Å². The number of nitrogens with one attached hydrogen (secondary N) is 2. The predicted molar refractivity (Wildman–Crippen MR) is 228 cm³/mol. The maximum Gasteiger partial charge on any atom is 0.339 e. The van der Waals surface area contributed by atoms with Crippen LogP contribution in [0.1, 0.15) is 134 Å². The fraction of sp³-hybridized carbons (Fsp3) is 0.574. The Labute approximate surface area is 354 Å². The van der Waals surface area contributed by atoms with Gasteiger partial charge in [-0.3, -0.25) is 14.4 Å². The Morgan fingerprint density at radius 1 is 0.950 bits per heavy atom. The Kier molecular flexibility index (Phi) is 18.3. The molecular formula is C47H66N2O11. The van der Waals surface area contributed by atoms with E-state index in [1.165, 1.54) is 6.92 Å². The monoisotopic (exact) mass is 834 g/mol. The topological polar surface area (TPSA) is 190 Å². The number of aliphatic hydroxyl groups is 2. The molecule has 0 aromatic heterocycles. The summed E-state index contributed by atoms with van der Waals surface area (Å²) < 4.78 is 25.1. The Hall–Kier alpha value is -4.56. The van der Waals surface area contributed by atoms with Crippen LogP contribution in [0.5, 0.6) is 5.75 Å². The van der Waals surface area contributed by atoms with Gasteiger partial charge in [-0.2, -0.15) is 0 Å². The van der Waals surface area contributed by atoms with Crippen molar-refractivity contribution in [2.24, 2.45) is 0 Å². The average Bonchev–Trinajstić information content (AvgIpc) is 3.57. The normalized spacial score (nSPS) is 20.1. The molecule has 0 bridgehead atoms. The Morgan fingerprint density at radius 2 is 1.62 bits per heavy atom. The number of esters is 2. The van der Waals surface area contributed by atoms with E-state index in [-0.39, 0.29) is 30.6 Å². The van der Waals surface area contributed by atoms with Crippen LogP contribution in [0.25, 0.3) is 6.08 Å².